The third-order valence-corrected chi connectivity index (χ3v) is 7.31. The van der Waals surface area contributed by atoms with E-state index in [2.05, 4.69) is 0 Å². The van der Waals surface area contributed by atoms with Gasteiger partial charge in [0.15, 0.2) is 0 Å². The summed E-state index contributed by atoms with van der Waals surface area (Å²) < 4.78 is 32.4. The Kier molecular flexibility index (Phi) is 7.25. The van der Waals surface area contributed by atoms with Crippen molar-refractivity contribution in [2.45, 2.75) is 24.5 Å². The number of carbonyl (C=O) groups is 1. The number of hydrogen-bond acceptors (Lipinski definition) is 4. The van der Waals surface area contributed by atoms with E-state index in [1.54, 1.807) is 29.2 Å². The van der Waals surface area contributed by atoms with E-state index in [1.165, 1.54) is 29.7 Å². The first-order valence-corrected chi connectivity index (χ1v) is 12.3. The third-order valence-electron chi connectivity index (χ3n) is 5.49. The summed E-state index contributed by atoms with van der Waals surface area (Å²) in [5, 5.41) is 0. The number of benzene rings is 3. The number of sulfonamides is 1. The van der Waals surface area contributed by atoms with E-state index in [-0.39, 0.29) is 17.3 Å². The van der Waals surface area contributed by atoms with Gasteiger partial charge in [0.1, 0.15) is 5.76 Å². The number of amides is 1. The minimum Gasteiger partial charge on any atom is -0.468 e. The normalized spacial score (nSPS) is 11.5. The molecular weight excluding hydrogens is 448 g/mol. The van der Waals surface area contributed by atoms with Crippen LogP contribution in [-0.4, -0.2) is 30.6 Å². The minimum absolute atomic E-state index is 0.121. The zero-order valence-corrected chi connectivity index (χ0v) is 19.7. The van der Waals surface area contributed by atoms with Gasteiger partial charge >= 0.3 is 0 Å². The lowest BCUT2D eigenvalue weighted by atomic mass is 10.1. The lowest BCUT2D eigenvalue weighted by molar-refractivity contribution is 0.0730. The van der Waals surface area contributed by atoms with Crippen molar-refractivity contribution in [1.82, 2.24) is 9.21 Å². The number of furan rings is 1. The summed E-state index contributed by atoms with van der Waals surface area (Å²) in [5.74, 6) is 0.385. The molecule has 174 valence electrons. The molecule has 34 heavy (non-hydrogen) atoms. The van der Waals surface area contributed by atoms with Crippen molar-refractivity contribution in [2.24, 2.45) is 0 Å². The fraction of sp³-hybridized carbons (Fsp3) is 0.148. The van der Waals surface area contributed by atoms with Crippen LogP contribution in [0, 0.1) is 0 Å². The van der Waals surface area contributed by atoms with Crippen molar-refractivity contribution in [3.05, 3.63) is 126 Å². The Labute approximate surface area is 200 Å². The van der Waals surface area contributed by atoms with Gasteiger partial charge in [0.2, 0.25) is 10.0 Å². The highest BCUT2D eigenvalue weighted by Crippen LogP contribution is 2.20. The van der Waals surface area contributed by atoms with Crippen LogP contribution in [0.3, 0.4) is 0 Å². The maximum Gasteiger partial charge on any atom is 0.254 e. The predicted molar refractivity (Wildman–Crippen MR) is 130 cm³/mol. The molecule has 0 spiro atoms. The van der Waals surface area contributed by atoms with E-state index in [9.17, 15) is 13.2 Å². The van der Waals surface area contributed by atoms with E-state index in [4.69, 9.17) is 4.42 Å². The molecule has 4 rings (SSSR count). The van der Waals surface area contributed by atoms with Crippen LogP contribution in [-0.2, 0) is 29.7 Å². The molecule has 0 bridgehead atoms. The van der Waals surface area contributed by atoms with Gasteiger partial charge in [0.25, 0.3) is 5.91 Å². The van der Waals surface area contributed by atoms with Crippen LogP contribution in [0.5, 0.6) is 0 Å². The zero-order valence-electron chi connectivity index (χ0n) is 18.9. The molecule has 0 unspecified atom stereocenters. The van der Waals surface area contributed by atoms with Crippen LogP contribution in [0.25, 0.3) is 0 Å². The largest absolute Gasteiger partial charge is 0.468 e. The third kappa shape index (κ3) is 5.62. The Morgan fingerprint density at radius 3 is 1.79 bits per heavy atom. The molecule has 0 saturated heterocycles. The highest BCUT2D eigenvalue weighted by Gasteiger charge is 2.23. The monoisotopic (exact) mass is 474 g/mol. The number of rotatable bonds is 9. The maximum absolute atomic E-state index is 13.4. The molecule has 3 aromatic carbocycles. The molecule has 1 amide bonds. The molecule has 1 aromatic heterocycles. The molecule has 6 nitrogen and oxygen atoms in total. The summed E-state index contributed by atoms with van der Waals surface area (Å²) >= 11 is 0. The van der Waals surface area contributed by atoms with Gasteiger partial charge < -0.3 is 9.32 Å². The summed E-state index contributed by atoms with van der Waals surface area (Å²) in [4.78, 5) is 15.3. The van der Waals surface area contributed by atoms with Crippen LogP contribution in [0.2, 0.25) is 0 Å². The number of nitrogens with zero attached hydrogens (tertiary/aromatic N) is 2. The highest BCUT2D eigenvalue weighted by atomic mass is 32.2. The van der Waals surface area contributed by atoms with Crippen LogP contribution < -0.4 is 0 Å². The first-order valence-electron chi connectivity index (χ1n) is 10.9. The SMILES string of the molecule is CN(Cc1ccco1)S(=O)(=O)c1ccc(C(=O)N(Cc2ccccc2)Cc2ccccc2)cc1. The second-order valence-electron chi connectivity index (χ2n) is 8.00. The Bertz CT molecular complexity index is 1260. The Hall–Kier alpha value is -3.68. The van der Waals surface area contributed by atoms with Crippen molar-refractivity contribution < 1.29 is 17.6 Å². The van der Waals surface area contributed by atoms with Crippen LogP contribution in [0.15, 0.2) is 113 Å². The first-order chi connectivity index (χ1) is 16.4. The molecule has 4 aromatic rings. The average molecular weight is 475 g/mol. The van der Waals surface area contributed by atoms with Gasteiger partial charge in [-0.3, -0.25) is 4.79 Å². The quantitative estimate of drug-likeness (QED) is 0.344. The van der Waals surface area contributed by atoms with Crippen LogP contribution >= 0.6 is 0 Å². The van der Waals surface area contributed by atoms with Crippen molar-refractivity contribution >= 4 is 15.9 Å². The molecule has 0 aliphatic heterocycles. The molecule has 0 saturated carbocycles. The number of carbonyl (C=O) groups excluding carboxylic acids is 1. The molecule has 0 atom stereocenters. The van der Waals surface area contributed by atoms with E-state index >= 15 is 0 Å². The summed E-state index contributed by atoms with van der Waals surface area (Å²) in [5.41, 5.74) is 2.47. The molecule has 0 aliphatic rings. The van der Waals surface area contributed by atoms with Gasteiger partial charge in [0, 0.05) is 25.7 Å². The lowest BCUT2D eigenvalue weighted by Gasteiger charge is -2.23. The molecule has 0 N–H and O–H groups in total. The fourth-order valence-electron chi connectivity index (χ4n) is 3.65. The molecule has 0 fully saturated rings. The van der Waals surface area contributed by atoms with E-state index in [0.717, 1.165) is 11.1 Å². The van der Waals surface area contributed by atoms with Gasteiger partial charge in [0.05, 0.1) is 17.7 Å². The zero-order chi connectivity index (χ0) is 24.0. The smallest absolute Gasteiger partial charge is 0.254 e. The Balaban J connectivity index is 1.54. The number of hydrogen-bond donors (Lipinski definition) is 0. The maximum atomic E-state index is 13.4. The molecule has 1 heterocycles. The summed E-state index contributed by atoms with van der Waals surface area (Å²) in [7, 11) is -2.23. The van der Waals surface area contributed by atoms with Crippen LogP contribution in [0.4, 0.5) is 0 Å². The first kappa shape index (κ1) is 23.5. The van der Waals surface area contributed by atoms with Gasteiger partial charge in [-0.1, -0.05) is 60.7 Å². The lowest BCUT2D eigenvalue weighted by Crippen LogP contribution is -2.30. The van der Waals surface area contributed by atoms with Crippen LogP contribution in [0.1, 0.15) is 27.2 Å². The van der Waals surface area contributed by atoms with Crippen molar-refractivity contribution in [3.8, 4) is 0 Å². The minimum atomic E-state index is -3.73. The van der Waals surface area contributed by atoms with E-state index in [0.29, 0.717) is 24.4 Å². The molecule has 0 aliphatic carbocycles. The second kappa shape index (κ2) is 10.5. The molecule has 7 heteroatoms. The van der Waals surface area contributed by atoms with E-state index < -0.39 is 10.0 Å². The second-order valence-corrected chi connectivity index (χ2v) is 10.0. The molecule has 0 radical (unpaired) electrons. The highest BCUT2D eigenvalue weighted by molar-refractivity contribution is 7.89. The van der Waals surface area contributed by atoms with Crippen molar-refractivity contribution in [3.63, 3.8) is 0 Å². The van der Waals surface area contributed by atoms with Crippen molar-refractivity contribution in [2.75, 3.05) is 7.05 Å². The summed E-state index contributed by atoms with van der Waals surface area (Å²) in [6.45, 7) is 1.01. The van der Waals surface area contributed by atoms with Crippen molar-refractivity contribution in [1.29, 1.82) is 0 Å². The summed E-state index contributed by atoms with van der Waals surface area (Å²) in [6.07, 6.45) is 1.51. The average Bonchev–Trinajstić information content (AvgIpc) is 3.37. The Morgan fingerprint density at radius 2 is 1.29 bits per heavy atom. The van der Waals surface area contributed by atoms with Gasteiger partial charge in [-0.2, -0.15) is 4.31 Å². The van der Waals surface area contributed by atoms with Gasteiger partial charge in [-0.25, -0.2) is 8.42 Å². The van der Waals surface area contributed by atoms with Gasteiger partial charge in [-0.05, 0) is 47.5 Å². The predicted octanol–water partition coefficient (Wildman–Crippen LogP) is 4.94. The topological polar surface area (TPSA) is 70.8 Å². The standard InChI is InChI=1S/C27H26N2O4S/c1-28(21-25-13-8-18-33-25)34(31,32)26-16-14-24(15-17-26)27(30)29(19-22-9-4-2-5-10-22)20-23-11-6-3-7-12-23/h2-18H,19-21H2,1H3. The van der Waals surface area contributed by atoms with Gasteiger partial charge in [-0.15, -0.1) is 0 Å². The Morgan fingerprint density at radius 1 is 0.735 bits per heavy atom. The van der Waals surface area contributed by atoms with E-state index in [1.807, 2.05) is 60.7 Å². The fourth-order valence-corrected chi connectivity index (χ4v) is 4.78. The summed E-state index contributed by atoms with van der Waals surface area (Å²) in [6, 6.07) is 29.1. The molecular formula is C27H26N2O4S.